The van der Waals surface area contributed by atoms with Crippen molar-refractivity contribution in [2.24, 2.45) is 11.8 Å². The van der Waals surface area contributed by atoms with Crippen LogP contribution in [0.1, 0.15) is 40.0 Å². The fraction of sp³-hybridized carbons (Fsp3) is 0.875. The first-order chi connectivity index (χ1) is 9.24. The fourth-order valence-corrected chi connectivity index (χ4v) is 2.33. The van der Waals surface area contributed by atoms with Crippen LogP contribution in [0.2, 0.25) is 0 Å². The number of nitrogens with one attached hydrogen (secondary N) is 1. The third-order valence-corrected chi connectivity index (χ3v) is 3.79. The van der Waals surface area contributed by atoms with Crippen LogP contribution in [0.15, 0.2) is 12.2 Å². The lowest BCUT2D eigenvalue weighted by molar-refractivity contribution is 0.0267. The van der Waals surface area contributed by atoms with Gasteiger partial charge < -0.3 is 14.8 Å². The van der Waals surface area contributed by atoms with E-state index in [-0.39, 0.29) is 0 Å². The molecular formula is C16H31NO2. The molecule has 0 aromatic carbocycles. The van der Waals surface area contributed by atoms with Gasteiger partial charge in [-0.3, -0.25) is 0 Å². The average Bonchev–Trinajstić information content (AvgIpc) is 2.42. The Labute approximate surface area is 118 Å². The van der Waals surface area contributed by atoms with Crippen molar-refractivity contribution >= 4 is 0 Å². The second kappa shape index (κ2) is 10.4. The van der Waals surface area contributed by atoms with E-state index in [1.807, 2.05) is 6.92 Å². The molecule has 3 heteroatoms. The quantitative estimate of drug-likeness (QED) is 0.488. The minimum Gasteiger partial charge on any atom is -0.382 e. The topological polar surface area (TPSA) is 30.5 Å². The summed E-state index contributed by atoms with van der Waals surface area (Å²) in [4.78, 5) is 0. The van der Waals surface area contributed by atoms with E-state index in [0.717, 1.165) is 45.2 Å². The predicted octanol–water partition coefficient (Wildman–Crippen LogP) is 3.01. The summed E-state index contributed by atoms with van der Waals surface area (Å²) in [6.07, 6.45) is 8.35. The van der Waals surface area contributed by atoms with Crippen molar-refractivity contribution in [3.63, 3.8) is 0 Å². The van der Waals surface area contributed by atoms with E-state index in [4.69, 9.17) is 9.47 Å². The maximum Gasteiger partial charge on any atom is 0.0671 e. The summed E-state index contributed by atoms with van der Waals surface area (Å²) in [5.41, 5.74) is 0. The van der Waals surface area contributed by atoms with Gasteiger partial charge >= 0.3 is 0 Å². The van der Waals surface area contributed by atoms with Gasteiger partial charge in [0.2, 0.25) is 0 Å². The maximum atomic E-state index is 5.95. The zero-order chi connectivity index (χ0) is 13.9. The highest BCUT2D eigenvalue weighted by atomic mass is 16.5. The first kappa shape index (κ1) is 16.7. The van der Waals surface area contributed by atoms with Crippen LogP contribution in [0.5, 0.6) is 0 Å². The summed E-state index contributed by atoms with van der Waals surface area (Å²) in [7, 11) is 0. The third-order valence-electron chi connectivity index (χ3n) is 3.79. The summed E-state index contributed by atoms with van der Waals surface area (Å²) in [6.45, 7) is 11.0. The van der Waals surface area contributed by atoms with Gasteiger partial charge in [-0.2, -0.15) is 0 Å². The van der Waals surface area contributed by atoms with Crippen molar-refractivity contribution in [1.82, 2.24) is 5.32 Å². The molecule has 0 aromatic heterocycles. The second-order valence-corrected chi connectivity index (χ2v) is 5.58. The number of hydrogen-bond acceptors (Lipinski definition) is 3. The summed E-state index contributed by atoms with van der Waals surface area (Å²) in [6, 6.07) is 0. The lowest BCUT2D eigenvalue weighted by Gasteiger charge is -2.26. The summed E-state index contributed by atoms with van der Waals surface area (Å²) < 4.78 is 11.3. The van der Waals surface area contributed by atoms with Crippen molar-refractivity contribution in [3.05, 3.63) is 12.2 Å². The van der Waals surface area contributed by atoms with Gasteiger partial charge in [-0.25, -0.2) is 0 Å². The Morgan fingerprint density at radius 3 is 2.84 bits per heavy atom. The van der Waals surface area contributed by atoms with Crippen LogP contribution in [0.3, 0.4) is 0 Å². The molecule has 0 saturated carbocycles. The maximum absolute atomic E-state index is 5.95. The fourth-order valence-electron chi connectivity index (χ4n) is 2.33. The first-order valence-corrected chi connectivity index (χ1v) is 7.79. The van der Waals surface area contributed by atoms with Gasteiger partial charge in [0.25, 0.3) is 0 Å². The molecule has 19 heavy (non-hydrogen) atoms. The third kappa shape index (κ3) is 7.71. The minimum absolute atomic E-state index is 0.296. The normalized spacial score (nSPS) is 24.6. The standard InChI is InChI=1S/C16H31NO2/c1-4-18-11-7-10-17-12-15(3)19-13-16-9-6-5-8-14(16)2/h5-6,14-17H,4,7-13H2,1-3H3. The Balaban J connectivity index is 1.98. The highest BCUT2D eigenvalue weighted by molar-refractivity contribution is 4.93. The number of allylic oxidation sites excluding steroid dienone is 2. The average molecular weight is 269 g/mol. The summed E-state index contributed by atoms with van der Waals surface area (Å²) >= 11 is 0. The van der Waals surface area contributed by atoms with Crippen LogP contribution >= 0.6 is 0 Å². The van der Waals surface area contributed by atoms with E-state index in [2.05, 4.69) is 31.3 Å². The monoisotopic (exact) mass is 269 g/mol. The largest absolute Gasteiger partial charge is 0.382 e. The van der Waals surface area contributed by atoms with E-state index in [1.165, 1.54) is 12.8 Å². The van der Waals surface area contributed by atoms with Gasteiger partial charge in [0, 0.05) is 19.8 Å². The number of hydrogen-bond donors (Lipinski definition) is 1. The summed E-state index contributed by atoms with van der Waals surface area (Å²) in [5.74, 6) is 1.46. The van der Waals surface area contributed by atoms with Crippen molar-refractivity contribution in [2.75, 3.05) is 32.9 Å². The van der Waals surface area contributed by atoms with Crippen LogP contribution in [0, 0.1) is 11.8 Å². The van der Waals surface area contributed by atoms with Crippen molar-refractivity contribution < 1.29 is 9.47 Å². The van der Waals surface area contributed by atoms with Crippen LogP contribution in [-0.2, 0) is 9.47 Å². The van der Waals surface area contributed by atoms with Crippen LogP contribution in [0.25, 0.3) is 0 Å². The van der Waals surface area contributed by atoms with Gasteiger partial charge in [-0.05, 0) is 51.5 Å². The molecule has 3 atom stereocenters. The summed E-state index contributed by atoms with van der Waals surface area (Å²) in [5, 5.41) is 3.42. The van der Waals surface area contributed by atoms with Crippen molar-refractivity contribution in [3.8, 4) is 0 Å². The highest BCUT2D eigenvalue weighted by Gasteiger charge is 2.19. The molecule has 1 aliphatic carbocycles. The van der Waals surface area contributed by atoms with Crippen molar-refractivity contribution in [2.45, 2.75) is 46.1 Å². The van der Waals surface area contributed by atoms with Gasteiger partial charge in [-0.1, -0.05) is 19.1 Å². The molecule has 112 valence electrons. The Morgan fingerprint density at radius 2 is 2.11 bits per heavy atom. The molecule has 0 radical (unpaired) electrons. The van der Waals surface area contributed by atoms with E-state index in [0.29, 0.717) is 12.0 Å². The smallest absolute Gasteiger partial charge is 0.0671 e. The Hall–Kier alpha value is -0.380. The highest BCUT2D eigenvalue weighted by Crippen LogP contribution is 2.25. The molecule has 0 aromatic rings. The van der Waals surface area contributed by atoms with Gasteiger partial charge in [-0.15, -0.1) is 0 Å². The van der Waals surface area contributed by atoms with E-state index >= 15 is 0 Å². The Bertz CT molecular complexity index is 243. The van der Waals surface area contributed by atoms with Crippen molar-refractivity contribution in [1.29, 1.82) is 0 Å². The lowest BCUT2D eigenvalue weighted by Crippen LogP contribution is -2.30. The second-order valence-electron chi connectivity index (χ2n) is 5.58. The lowest BCUT2D eigenvalue weighted by atomic mass is 9.85. The van der Waals surface area contributed by atoms with E-state index in [1.54, 1.807) is 0 Å². The number of ether oxygens (including phenoxy) is 2. The zero-order valence-corrected chi connectivity index (χ0v) is 12.9. The van der Waals surface area contributed by atoms with Crippen LogP contribution in [0.4, 0.5) is 0 Å². The molecule has 0 bridgehead atoms. The van der Waals surface area contributed by atoms with Gasteiger partial charge in [0.1, 0.15) is 0 Å². The predicted molar refractivity (Wildman–Crippen MR) is 80.4 cm³/mol. The molecule has 0 aliphatic heterocycles. The van der Waals surface area contributed by atoms with Gasteiger partial charge in [0.05, 0.1) is 12.7 Å². The molecule has 1 N–H and O–H groups in total. The molecule has 0 fully saturated rings. The van der Waals surface area contributed by atoms with Crippen LogP contribution in [-0.4, -0.2) is 39.0 Å². The molecule has 0 heterocycles. The number of rotatable bonds is 10. The Morgan fingerprint density at radius 1 is 1.32 bits per heavy atom. The molecule has 0 saturated heterocycles. The molecule has 0 amide bonds. The molecular weight excluding hydrogens is 238 g/mol. The molecule has 1 rings (SSSR count). The molecule has 3 unspecified atom stereocenters. The van der Waals surface area contributed by atoms with Crippen LogP contribution < -0.4 is 5.32 Å². The minimum atomic E-state index is 0.296. The van der Waals surface area contributed by atoms with Gasteiger partial charge in [0.15, 0.2) is 0 Å². The SMILES string of the molecule is CCOCCCNCC(C)OCC1CC=CCC1C. The zero-order valence-electron chi connectivity index (χ0n) is 12.9. The Kier molecular flexibility index (Phi) is 9.14. The molecule has 1 aliphatic rings. The van der Waals surface area contributed by atoms with E-state index in [9.17, 15) is 0 Å². The first-order valence-electron chi connectivity index (χ1n) is 7.79. The molecule has 0 spiro atoms. The molecule has 3 nitrogen and oxygen atoms in total. The van der Waals surface area contributed by atoms with E-state index < -0.39 is 0 Å².